The van der Waals surface area contributed by atoms with Crippen molar-refractivity contribution in [1.29, 1.82) is 0 Å². The fourth-order valence-electron chi connectivity index (χ4n) is 2.59. The Kier molecular flexibility index (Phi) is 7.77. The van der Waals surface area contributed by atoms with Crippen LogP contribution < -0.4 is 14.8 Å². The van der Waals surface area contributed by atoms with E-state index in [0.29, 0.717) is 12.2 Å². The van der Waals surface area contributed by atoms with Crippen molar-refractivity contribution < 1.29 is 23.0 Å². The first-order valence-corrected chi connectivity index (χ1v) is 9.39. The number of methoxy groups -OCH3 is 1. The second kappa shape index (κ2) is 9.84. The molecule has 8 heteroatoms. The van der Waals surface area contributed by atoms with E-state index in [9.17, 15) is 13.6 Å². The third-order valence-electron chi connectivity index (χ3n) is 4.30. The Morgan fingerprint density at radius 3 is 2.54 bits per heavy atom. The summed E-state index contributed by atoms with van der Waals surface area (Å²) in [6.45, 7) is 1.27. The first-order chi connectivity index (χ1) is 13.2. The van der Waals surface area contributed by atoms with Crippen LogP contribution in [0.2, 0.25) is 0 Å². The molecule has 2 aromatic rings. The molecule has 0 saturated carbocycles. The van der Waals surface area contributed by atoms with Crippen LogP contribution in [0.4, 0.5) is 14.5 Å². The number of carbonyl (C=O) groups is 1. The normalized spacial score (nSPS) is 12.2. The van der Waals surface area contributed by atoms with Crippen molar-refractivity contribution in [3.8, 4) is 11.5 Å². The highest BCUT2D eigenvalue weighted by Crippen LogP contribution is 2.30. The van der Waals surface area contributed by atoms with E-state index in [0.717, 1.165) is 15.6 Å². The van der Waals surface area contributed by atoms with Crippen molar-refractivity contribution in [2.75, 3.05) is 19.5 Å². The third kappa shape index (κ3) is 5.90. The maximum absolute atomic E-state index is 12.6. The summed E-state index contributed by atoms with van der Waals surface area (Å²) in [6, 6.07) is 9.99. The van der Waals surface area contributed by atoms with Crippen molar-refractivity contribution in [3.05, 3.63) is 52.0 Å². The number of rotatable bonds is 8. The van der Waals surface area contributed by atoms with E-state index in [1.165, 1.54) is 13.2 Å². The van der Waals surface area contributed by atoms with Gasteiger partial charge in [0.1, 0.15) is 0 Å². The van der Waals surface area contributed by atoms with E-state index in [1.807, 2.05) is 37.1 Å². The second-order valence-corrected chi connectivity index (χ2v) is 7.28. The molecule has 0 saturated heterocycles. The number of alkyl halides is 2. The molecular formula is C20H23BrF2N2O3. The monoisotopic (exact) mass is 456 g/mol. The predicted octanol–water partition coefficient (Wildman–Crippen LogP) is 4.83. The zero-order valence-electron chi connectivity index (χ0n) is 16.1. The number of likely N-dealkylation sites (N-methyl/N-ethyl adjacent to an activating group) is 1. The fourth-order valence-corrected chi connectivity index (χ4v) is 3.18. The molecule has 0 aliphatic carbocycles. The molecule has 2 rings (SSSR count). The highest BCUT2D eigenvalue weighted by Gasteiger charge is 2.20. The van der Waals surface area contributed by atoms with Crippen LogP contribution in [0.5, 0.6) is 11.5 Å². The van der Waals surface area contributed by atoms with E-state index in [1.54, 1.807) is 19.1 Å². The maximum atomic E-state index is 12.6. The first kappa shape index (κ1) is 22.1. The summed E-state index contributed by atoms with van der Waals surface area (Å²) in [6.07, 6.45) is 0. The fraction of sp³-hybridized carbons (Fsp3) is 0.350. The Bertz CT molecular complexity index is 833. The van der Waals surface area contributed by atoms with Gasteiger partial charge in [-0.3, -0.25) is 9.69 Å². The molecule has 0 radical (unpaired) electrons. The van der Waals surface area contributed by atoms with Gasteiger partial charge in [-0.25, -0.2) is 0 Å². The molecule has 1 amide bonds. The lowest BCUT2D eigenvalue weighted by atomic mass is 10.1. The molecule has 0 fully saturated rings. The van der Waals surface area contributed by atoms with Gasteiger partial charge in [-0.05, 0) is 72.2 Å². The van der Waals surface area contributed by atoms with Gasteiger partial charge >= 0.3 is 6.61 Å². The first-order valence-electron chi connectivity index (χ1n) is 8.60. The predicted molar refractivity (Wildman–Crippen MR) is 108 cm³/mol. The van der Waals surface area contributed by atoms with Crippen LogP contribution in [-0.2, 0) is 11.3 Å². The number of halogens is 3. The highest BCUT2D eigenvalue weighted by molar-refractivity contribution is 9.10. The van der Waals surface area contributed by atoms with Crippen molar-refractivity contribution in [3.63, 3.8) is 0 Å². The lowest BCUT2D eigenvalue weighted by Gasteiger charge is -2.24. The SMILES string of the molecule is COc1cc(CN(C)C(C)C(=O)Nc2ccc(C)cc2Br)ccc1OC(F)F. The molecule has 2 aromatic carbocycles. The quantitative estimate of drug-likeness (QED) is 0.618. The maximum Gasteiger partial charge on any atom is 0.387 e. The van der Waals surface area contributed by atoms with Crippen LogP contribution in [-0.4, -0.2) is 37.6 Å². The summed E-state index contributed by atoms with van der Waals surface area (Å²) in [5.74, 6) is 0.0301. The number of hydrogen-bond donors (Lipinski definition) is 1. The minimum Gasteiger partial charge on any atom is -0.493 e. The molecule has 0 aliphatic heterocycles. The van der Waals surface area contributed by atoms with E-state index < -0.39 is 12.7 Å². The summed E-state index contributed by atoms with van der Waals surface area (Å²) < 4.78 is 35.2. The van der Waals surface area contributed by atoms with Crippen LogP contribution in [0.15, 0.2) is 40.9 Å². The molecule has 0 spiro atoms. The summed E-state index contributed by atoms with van der Waals surface area (Å²) in [5, 5.41) is 2.90. The summed E-state index contributed by atoms with van der Waals surface area (Å²) in [7, 11) is 3.20. The van der Waals surface area contributed by atoms with Crippen LogP contribution in [0.3, 0.4) is 0 Å². The number of nitrogens with zero attached hydrogens (tertiary/aromatic N) is 1. The average Bonchev–Trinajstić information content (AvgIpc) is 2.64. The Labute approximate surface area is 171 Å². The van der Waals surface area contributed by atoms with E-state index >= 15 is 0 Å². The number of ether oxygens (including phenoxy) is 2. The molecule has 1 atom stereocenters. The molecule has 0 bridgehead atoms. The van der Waals surface area contributed by atoms with Gasteiger partial charge in [0.25, 0.3) is 0 Å². The molecule has 28 heavy (non-hydrogen) atoms. The number of nitrogens with one attached hydrogen (secondary N) is 1. The molecule has 0 aromatic heterocycles. The van der Waals surface area contributed by atoms with Crippen LogP contribution in [0.1, 0.15) is 18.1 Å². The Balaban J connectivity index is 2.04. The van der Waals surface area contributed by atoms with Crippen LogP contribution in [0, 0.1) is 6.92 Å². The molecule has 0 aliphatic rings. The van der Waals surface area contributed by atoms with Gasteiger partial charge in [-0.2, -0.15) is 8.78 Å². The highest BCUT2D eigenvalue weighted by atomic mass is 79.9. The molecule has 152 valence electrons. The smallest absolute Gasteiger partial charge is 0.387 e. The minimum atomic E-state index is -2.92. The van der Waals surface area contributed by atoms with Gasteiger partial charge < -0.3 is 14.8 Å². The summed E-state index contributed by atoms with van der Waals surface area (Å²) in [5.41, 5.74) is 2.59. The number of carbonyl (C=O) groups excluding carboxylic acids is 1. The lowest BCUT2D eigenvalue weighted by molar-refractivity contribution is -0.120. The molecule has 1 unspecified atom stereocenters. The zero-order chi connectivity index (χ0) is 20.8. The number of anilines is 1. The number of amides is 1. The number of hydrogen-bond acceptors (Lipinski definition) is 4. The third-order valence-corrected chi connectivity index (χ3v) is 4.96. The Morgan fingerprint density at radius 1 is 1.21 bits per heavy atom. The zero-order valence-corrected chi connectivity index (χ0v) is 17.7. The average molecular weight is 457 g/mol. The van der Waals surface area contributed by atoms with Crippen LogP contribution in [0.25, 0.3) is 0 Å². The second-order valence-electron chi connectivity index (χ2n) is 6.43. The Morgan fingerprint density at radius 2 is 1.93 bits per heavy atom. The molecule has 5 nitrogen and oxygen atoms in total. The van der Waals surface area contributed by atoms with Gasteiger partial charge in [0.05, 0.1) is 18.8 Å². The molecule has 0 heterocycles. The van der Waals surface area contributed by atoms with Crippen molar-refractivity contribution in [1.82, 2.24) is 4.90 Å². The van der Waals surface area contributed by atoms with Gasteiger partial charge in [0, 0.05) is 11.0 Å². The largest absolute Gasteiger partial charge is 0.493 e. The topological polar surface area (TPSA) is 50.8 Å². The number of benzene rings is 2. The van der Waals surface area contributed by atoms with Gasteiger partial charge in [-0.1, -0.05) is 12.1 Å². The van der Waals surface area contributed by atoms with E-state index in [-0.39, 0.29) is 17.4 Å². The summed E-state index contributed by atoms with van der Waals surface area (Å²) >= 11 is 3.45. The molecular weight excluding hydrogens is 434 g/mol. The van der Waals surface area contributed by atoms with Crippen molar-refractivity contribution in [2.24, 2.45) is 0 Å². The standard InChI is InChI=1S/C20H23BrF2N2O3/c1-12-5-7-16(15(21)9-12)24-19(26)13(2)25(3)11-14-6-8-17(28-20(22)23)18(10-14)27-4/h5-10,13,20H,11H2,1-4H3,(H,24,26). The van der Waals surface area contributed by atoms with E-state index in [2.05, 4.69) is 26.0 Å². The van der Waals surface area contributed by atoms with Gasteiger partial charge in [0.2, 0.25) is 5.91 Å². The lowest BCUT2D eigenvalue weighted by Crippen LogP contribution is -2.39. The van der Waals surface area contributed by atoms with Crippen molar-refractivity contribution in [2.45, 2.75) is 33.0 Å². The van der Waals surface area contributed by atoms with Crippen LogP contribution >= 0.6 is 15.9 Å². The van der Waals surface area contributed by atoms with E-state index in [4.69, 9.17) is 4.74 Å². The number of aryl methyl sites for hydroxylation is 1. The Hall–Kier alpha value is -2.19. The van der Waals surface area contributed by atoms with Crippen molar-refractivity contribution >= 4 is 27.5 Å². The van der Waals surface area contributed by atoms with Gasteiger partial charge in [-0.15, -0.1) is 0 Å². The van der Waals surface area contributed by atoms with Gasteiger partial charge in [0.15, 0.2) is 11.5 Å². The molecule has 1 N–H and O–H groups in total. The summed E-state index contributed by atoms with van der Waals surface area (Å²) in [4.78, 5) is 14.4. The minimum absolute atomic E-state index is 0.0288.